The second kappa shape index (κ2) is 6.73. The standard InChI is InChI=1S/C23H27FO5/c1-12(25)29-11-20(28)16-5-4-15-14-9-18(24)17-8-13(26)6-7-22(17,2)21(14)19(27)10-23(15,16)3/h5-8,14-15,18-19,21,27H,4,9-11H2,1-3H3/t14-,15-,18?,19?,21+,22-,23-/m0/s1. The predicted molar refractivity (Wildman–Crippen MR) is 103 cm³/mol. The number of carbonyl (C=O) groups is 3. The van der Waals surface area contributed by atoms with E-state index in [1.165, 1.54) is 19.1 Å². The number of fused-ring (bicyclic) bond motifs is 5. The molecule has 0 amide bonds. The number of hydrogen-bond acceptors (Lipinski definition) is 5. The molecule has 1 N–H and O–H groups in total. The van der Waals surface area contributed by atoms with Gasteiger partial charge < -0.3 is 9.84 Å². The molecule has 29 heavy (non-hydrogen) atoms. The number of aliphatic hydroxyl groups is 1. The lowest BCUT2D eigenvalue weighted by Crippen LogP contribution is -2.57. The smallest absolute Gasteiger partial charge is 0.303 e. The molecule has 6 heteroatoms. The number of rotatable bonds is 3. The van der Waals surface area contributed by atoms with Crippen LogP contribution in [-0.4, -0.2) is 41.5 Å². The third-order valence-electron chi connectivity index (χ3n) is 7.76. The highest BCUT2D eigenvalue weighted by Gasteiger charge is 2.62. The summed E-state index contributed by atoms with van der Waals surface area (Å²) in [6.45, 7) is 4.82. The van der Waals surface area contributed by atoms with E-state index in [0.29, 0.717) is 24.0 Å². The largest absolute Gasteiger partial charge is 0.457 e. The average Bonchev–Trinajstić information content (AvgIpc) is 2.97. The first kappa shape index (κ1) is 20.2. The van der Waals surface area contributed by atoms with Crippen molar-refractivity contribution in [2.24, 2.45) is 28.6 Å². The molecule has 0 aliphatic heterocycles. The van der Waals surface area contributed by atoms with E-state index in [2.05, 4.69) is 0 Å². The van der Waals surface area contributed by atoms with Crippen molar-refractivity contribution in [2.75, 3.05) is 6.61 Å². The van der Waals surface area contributed by atoms with Gasteiger partial charge in [0.25, 0.3) is 0 Å². The maximum absolute atomic E-state index is 15.2. The summed E-state index contributed by atoms with van der Waals surface area (Å²) in [5, 5.41) is 11.2. The second-order valence-electron chi connectivity index (χ2n) is 9.36. The maximum atomic E-state index is 15.2. The monoisotopic (exact) mass is 402 g/mol. The Hall–Kier alpha value is -2.08. The molecule has 0 saturated heterocycles. The van der Waals surface area contributed by atoms with Gasteiger partial charge in [0, 0.05) is 29.2 Å². The molecule has 0 aromatic rings. The minimum absolute atomic E-state index is 0.0230. The van der Waals surface area contributed by atoms with Gasteiger partial charge in [-0.3, -0.25) is 14.4 Å². The summed E-state index contributed by atoms with van der Waals surface area (Å²) in [6, 6.07) is 0. The molecule has 0 spiro atoms. The summed E-state index contributed by atoms with van der Waals surface area (Å²) in [4.78, 5) is 35.6. The van der Waals surface area contributed by atoms with Crippen molar-refractivity contribution in [1.82, 2.24) is 0 Å². The van der Waals surface area contributed by atoms with Gasteiger partial charge in [-0.2, -0.15) is 0 Å². The molecule has 2 fully saturated rings. The average molecular weight is 402 g/mol. The van der Waals surface area contributed by atoms with Gasteiger partial charge in [-0.25, -0.2) is 4.39 Å². The van der Waals surface area contributed by atoms with Crippen LogP contribution < -0.4 is 0 Å². The van der Waals surface area contributed by atoms with Gasteiger partial charge in [-0.1, -0.05) is 26.0 Å². The molecular formula is C23H27FO5. The predicted octanol–water partition coefficient (Wildman–Crippen LogP) is 2.88. The van der Waals surface area contributed by atoms with Crippen LogP contribution in [0.4, 0.5) is 4.39 Å². The number of esters is 1. The number of ether oxygens (including phenoxy) is 1. The Morgan fingerprint density at radius 1 is 1.34 bits per heavy atom. The number of hydrogen-bond donors (Lipinski definition) is 1. The van der Waals surface area contributed by atoms with Crippen molar-refractivity contribution >= 4 is 17.5 Å². The third-order valence-corrected chi connectivity index (χ3v) is 7.76. The Labute approximate surface area is 169 Å². The van der Waals surface area contributed by atoms with Crippen LogP contribution in [0.2, 0.25) is 0 Å². The number of Topliss-reactive ketones (excluding diaryl/α,β-unsaturated/α-hetero) is 1. The van der Waals surface area contributed by atoms with Crippen molar-refractivity contribution in [2.45, 2.75) is 52.3 Å². The maximum Gasteiger partial charge on any atom is 0.303 e. The zero-order chi connectivity index (χ0) is 21.1. The second-order valence-corrected chi connectivity index (χ2v) is 9.36. The van der Waals surface area contributed by atoms with Gasteiger partial charge in [0.05, 0.1) is 6.10 Å². The molecular weight excluding hydrogens is 375 g/mol. The fourth-order valence-electron chi connectivity index (χ4n) is 6.58. The molecule has 2 unspecified atom stereocenters. The zero-order valence-corrected chi connectivity index (χ0v) is 17.0. The fraction of sp³-hybridized carbons (Fsp3) is 0.609. The van der Waals surface area contributed by atoms with Crippen molar-refractivity contribution in [1.29, 1.82) is 0 Å². The van der Waals surface area contributed by atoms with Crippen LogP contribution in [0.1, 0.15) is 40.0 Å². The van der Waals surface area contributed by atoms with E-state index < -0.39 is 29.1 Å². The van der Waals surface area contributed by atoms with Crippen molar-refractivity contribution in [3.05, 3.63) is 35.5 Å². The van der Waals surface area contributed by atoms with Crippen LogP contribution in [0.25, 0.3) is 0 Å². The Kier molecular flexibility index (Phi) is 4.69. The molecule has 156 valence electrons. The van der Waals surface area contributed by atoms with Crippen LogP contribution in [0.3, 0.4) is 0 Å². The van der Waals surface area contributed by atoms with Crippen molar-refractivity contribution in [3.63, 3.8) is 0 Å². The quantitative estimate of drug-likeness (QED) is 0.735. The topological polar surface area (TPSA) is 80.7 Å². The first-order chi connectivity index (χ1) is 13.6. The van der Waals surface area contributed by atoms with E-state index in [4.69, 9.17) is 4.74 Å². The van der Waals surface area contributed by atoms with E-state index in [1.807, 2.05) is 19.9 Å². The first-order valence-electron chi connectivity index (χ1n) is 10.2. The van der Waals surface area contributed by atoms with Crippen LogP contribution in [0.5, 0.6) is 0 Å². The van der Waals surface area contributed by atoms with E-state index in [1.54, 1.807) is 6.08 Å². The summed E-state index contributed by atoms with van der Waals surface area (Å²) < 4.78 is 20.1. The minimum Gasteiger partial charge on any atom is -0.457 e. The number of aliphatic hydroxyl groups excluding tert-OH is 1. The summed E-state index contributed by atoms with van der Waals surface area (Å²) in [7, 11) is 0. The molecule has 0 bridgehead atoms. The highest BCUT2D eigenvalue weighted by atomic mass is 19.1. The van der Waals surface area contributed by atoms with Crippen LogP contribution >= 0.6 is 0 Å². The SMILES string of the molecule is CC(=O)OCC(=O)C1=CC[C@H]2[C@@H]3CC(F)C4=CC(=O)C=C[C@]4(C)[C@H]3C(O)C[C@]12C. The van der Waals surface area contributed by atoms with Crippen molar-refractivity contribution in [3.8, 4) is 0 Å². The molecule has 0 radical (unpaired) electrons. The van der Waals surface area contributed by atoms with Crippen LogP contribution in [0.15, 0.2) is 35.5 Å². The van der Waals surface area contributed by atoms with Gasteiger partial charge in [0.1, 0.15) is 6.17 Å². The Morgan fingerprint density at radius 3 is 2.76 bits per heavy atom. The lowest BCUT2D eigenvalue weighted by atomic mass is 9.46. The Bertz CT molecular complexity index is 870. The van der Waals surface area contributed by atoms with Gasteiger partial charge >= 0.3 is 5.97 Å². The summed E-state index contributed by atoms with van der Waals surface area (Å²) in [6.07, 6.45) is 5.79. The summed E-state index contributed by atoms with van der Waals surface area (Å²) in [5.74, 6) is -1.28. The number of alkyl halides is 1. The molecule has 2 saturated carbocycles. The lowest BCUT2D eigenvalue weighted by molar-refractivity contribution is -0.146. The van der Waals surface area contributed by atoms with Gasteiger partial charge in [0.15, 0.2) is 18.2 Å². The number of allylic oxidation sites excluding steroid dienone is 5. The minimum atomic E-state index is -1.24. The first-order valence-corrected chi connectivity index (χ1v) is 10.2. The Morgan fingerprint density at radius 2 is 2.07 bits per heavy atom. The van der Waals surface area contributed by atoms with E-state index >= 15 is 4.39 Å². The zero-order valence-electron chi connectivity index (χ0n) is 17.0. The summed E-state index contributed by atoms with van der Waals surface area (Å²) >= 11 is 0. The van der Waals surface area contributed by atoms with Gasteiger partial charge in [0.2, 0.25) is 0 Å². The van der Waals surface area contributed by atoms with Crippen LogP contribution in [0, 0.1) is 28.6 Å². The molecule has 4 aliphatic rings. The van der Waals surface area contributed by atoms with Crippen LogP contribution in [-0.2, 0) is 19.1 Å². The van der Waals surface area contributed by atoms with Crippen molar-refractivity contribution < 1.29 is 28.6 Å². The molecule has 0 heterocycles. The molecule has 0 aromatic carbocycles. The van der Waals surface area contributed by atoms with E-state index in [9.17, 15) is 19.5 Å². The Balaban J connectivity index is 1.66. The molecule has 4 aliphatic carbocycles. The normalized spacial score (nSPS) is 42.9. The number of halogens is 1. The van der Waals surface area contributed by atoms with Gasteiger partial charge in [-0.05, 0) is 48.8 Å². The van der Waals surface area contributed by atoms with Gasteiger partial charge in [-0.15, -0.1) is 0 Å². The number of carbonyl (C=O) groups excluding carboxylic acids is 3. The lowest BCUT2D eigenvalue weighted by Gasteiger charge is -2.58. The molecule has 4 rings (SSSR count). The fourth-order valence-corrected chi connectivity index (χ4v) is 6.58. The highest BCUT2D eigenvalue weighted by Crippen LogP contribution is 2.65. The highest BCUT2D eigenvalue weighted by molar-refractivity contribution is 6.01. The van der Waals surface area contributed by atoms with E-state index in [0.717, 1.165) is 0 Å². The summed E-state index contributed by atoms with van der Waals surface area (Å²) in [5.41, 5.74) is -0.242. The molecule has 7 atom stereocenters. The number of ketones is 2. The van der Waals surface area contributed by atoms with E-state index in [-0.39, 0.29) is 42.3 Å². The third kappa shape index (κ3) is 2.95. The molecule has 5 nitrogen and oxygen atoms in total. The molecule has 0 aromatic heterocycles.